The van der Waals surface area contributed by atoms with Gasteiger partial charge in [-0.05, 0) is 72.5 Å². The first-order valence-electron chi connectivity index (χ1n) is 13.5. The Balaban J connectivity index is 1.49. The highest BCUT2D eigenvalue weighted by molar-refractivity contribution is 6.09. The molecule has 0 N–H and O–H groups in total. The van der Waals surface area contributed by atoms with Crippen LogP contribution in [0.15, 0.2) is 109 Å². The number of allylic oxidation sites excluding steroid dienone is 1. The van der Waals surface area contributed by atoms with Gasteiger partial charge in [-0.1, -0.05) is 60.7 Å². The van der Waals surface area contributed by atoms with E-state index in [1.165, 1.54) is 22.0 Å². The number of pyridine rings is 2. The molecule has 4 heterocycles. The summed E-state index contributed by atoms with van der Waals surface area (Å²) in [6.07, 6.45) is 8.20. The third-order valence-electron chi connectivity index (χ3n) is 7.86. The summed E-state index contributed by atoms with van der Waals surface area (Å²) in [6.45, 7) is 0. The lowest BCUT2D eigenvalue weighted by Crippen LogP contribution is -2.08. The molecule has 3 aromatic carbocycles. The Morgan fingerprint density at radius 2 is 1.43 bits per heavy atom. The first kappa shape index (κ1) is 22.5. The predicted molar refractivity (Wildman–Crippen MR) is 161 cm³/mol. The van der Waals surface area contributed by atoms with Crippen molar-refractivity contribution < 1.29 is 0 Å². The molecule has 0 fully saturated rings. The number of nitriles is 1. The summed E-state index contributed by atoms with van der Waals surface area (Å²) in [6, 6.07) is 35.4. The van der Waals surface area contributed by atoms with E-state index >= 15 is 0 Å². The number of para-hydroxylation sites is 2. The smallest absolute Gasteiger partial charge is 0.146 e. The van der Waals surface area contributed by atoms with E-state index in [1.54, 1.807) is 0 Å². The van der Waals surface area contributed by atoms with Gasteiger partial charge in [-0.3, -0.25) is 9.13 Å². The lowest BCUT2D eigenvalue weighted by atomic mass is 10.0. The molecule has 0 saturated heterocycles. The number of fused-ring (bicyclic) bond motifs is 6. The maximum atomic E-state index is 9.62. The van der Waals surface area contributed by atoms with Crippen molar-refractivity contribution in [2.24, 2.45) is 0 Å². The minimum Gasteiger partial charge on any atom is -0.294 e. The normalized spacial score (nSPS) is 12.7. The molecule has 188 valence electrons. The quantitative estimate of drug-likeness (QED) is 0.240. The first-order valence-corrected chi connectivity index (χ1v) is 13.5. The largest absolute Gasteiger partial charge is 0.294 e. The van der Waals surface area contributed by atoms with Gasteiger partial charge in [0.05, 0.1) is 22.7 Å². The molecule has 0 radical (unpaired) electrons. The molecule has 0 amide bonds. The van der Waals surface area contributed by atoms with Crippen molar-refractivity contribution in [2.75, 3.05) is 0 Å². The van der Waals surface area contributed by atoms with Gasteiger partial charge < -0.3 is 0 Å². The third kappa shape index (κ3) is 3.33. The van der Waals surface area contributed by atoms with Crippen LogP contribution in [0.3, 0.4) is 0 Å². The topological polar surface area (TPSA) is 59.4 Å². The Labute approximate surface area is 230 Å². The average Bonchev–Trinajstić information content (AvgIpc) is 3.54. The van der Waals surface area contributed by atoms with Crippen LogP contribution in [0.2, 0.25) is 0 Å². The van der Waals surface area contributed by atoms with Crippen molar-refractivity contribution in [1.82, 2.24) is 19.1 Å². The van der Waals surface area contributed by atoms with Crippen LogP contribution < -0.4 is 0 Å². The van der Waals surface area contributed by atoms with Gasteiger partial charge in [-0.15, -0.1) is 0 Å². The van der Waals surface area contributed by atoms with E-state index in [2.05, 4.69) is 100 Å². The van der Waals surface area contributed by atoms with Crippen molar-refractivity contribution in [3.05, 3.63) is 126 Å². The van der Waals surface area contributed by atoms with Crippen LogP contribution in [0.25, 0.3) is 61.7 Å². The minimum absolute atomic E-state index is 0.630. The molecule has 0 atom stereocenters. The molecule has 0 unspecified atom stereocenters. The zero-order chi connectivity index (χ0) is 26.6. The number of rotatable bonds is 3. The molecule has 4 aromatic heterocycles. The van der Waals surface area contributed by atoms with E-state index in [-0.39, 0.29) is 0 Å². The molecule has 1 aliphatic carbocycles. The Bertz CT molecular complexity index is 2130. The molecule has 8 rings (SSSR count). The number of nitrogens with zero attached hydrogens (tertiary/aromatic N) is 5. The second-order valence-electron chi connectivity index (χ2n) is 10.1. The molecule has 5 nitrogen and oxygen atoms in total. The summed E-state index contributed by atoms with van der Waals surface area (Å²) in [7, 11) is 0. The summed E-state index contributed by atoms with van der Waals surface area (Å²) >= 11 is 0. The van der Waals surface area contributed by atoms with Gasteiger partial charge in [0, 0.05) is 33.6 Å². The van der Waals surface area contributed by atoms with Gasteiger partial charge in [0.2, 0.25) is 0 Å². The van der Waals surface area contributed by atoms with Crippen LogP contribution in [0, 0.1) is 11.3 Å². The Kier molecular flexibility index (Phi) is 4.95. The zero-order valence-corrected chi connectivity index (χ0v) is 21.6. The second-order valence-corrected chi connectivity index (χ2v) is 10.1. The number of hydrogen-bond acceptors (Lipinski definition) is 3. The second kappa shape index (κ2) is 8.79. The number of benzene rings is 3. The maximum absolute atomic E-state index is 9.62. The monoisotopic (exact) mass is 513 g/mol. The van der Waals surface area contributed by atoms with Crippen molar-refractivity contribution in [1.29, 1.82) is 5.26 Å². The fraction of sp³-hybridized carbons (Fsp3) is 0.0571. The van der Waals surface area contributed by atoms with Gasteiger partial charge in [0.1, 0.15) is 17.3 Å². The summed E-state index contributed by atoms with van der Waals surface area (Å²) in [4.78, 5) is 10.2. The van der Waals surface area contributed by atoms with E-state index in [0.717, 1.165) is 57.7 Å². The molecule has 7 aromatic rings. The minimum atomic E-state index is 0.630. The van der Waals surface area contributed by atoms with Crippen LogP contribution in [-0.4, -0.2) is 19.1 Å². The summed E-state index contributed by atoms with van der Waals surface area (Å²) in [5.74, 6) is 1.64. The van der Waals surface area contributed by atoms with Crippen LogP contribution >= 0.6 is 0 Å². The molecular formula is C35H23N5. The van der Waals surface area contributed by atoms with Crippen LogP contribution in [0.1, 0.15) is 23.2 Å². The highest BCUT2D eigenvalue weighted by atomic mass is 15.2. The molecule has 0 bridgehead atoms. The van der Waals surface area contributed by atoms with Crippen molar-refractivity contribution in [2.45, 2.75) is 12.8 Å². The van der Waals surface area contributed by atoms with Crippen LogP contribution in [0.5, 0.6) is 0 Å². The molecule has 40 heavy (non-hydrogen) atoms. The van der Waals surface area contributed by atoms with Crippen molar-refractivity contribution in [3.63, 3.8) is 0 Å². The van der Waals surface area contributed by atoms with E-state index in [4.69, 9.17) is 9.97 Å². The molecule has 5 heteroatoms. The number of aromatic nitrogens is 4. The van der Waals surface area contributed by atoms with Gasteiger partial charge >= 0.3 is 0 Å². The summed E-state index contributed by atoms with van der Waals surface area (Å²) in [5.41, 5.74) is 8.15. The molecule has 0 aliphatic heterocycles. The fourth-order valence-corrected chi connectivity index (χ4v) is 6.12. The highest BCUT2D eigenvalue weighted by Gasteiger charge is 2.22. The summed E-state index contributed by atoms with van der Waals surface area (Å²) in [5, 5.41) is 13.1. The first-order chi connectivity index (χ1) is 19.8. The lowest BCUT2D eigenvalue weighted by molar-refractivity contribution is 0.860. The van der Waals surface area contributed by atoms with E-state index in [1.807, 2.05) is 30.5 Å². The lowest BCUT2D eigenvalue weighted by Gasteiger charge is -2.16. The fourth-order valence-electron chi connectivity index (χ4n) is 6.12. The summed E-state index contributed by atoms with van der Waals surface area (Å²) < 4.78 is 4.47. The van der Waals surface area contributed by atoms with Gasteiger partial charge in [-0.2, -0.15) is 5.26 Å². The van der Waals surface area contributed by atoms with Gasteiger partial charge in [0.15, 0.2) is 0 Å². The zero-order valence-electron chi connectivity index (χ0n) is 21.6. The van der Waals surface area contributed by atoms with Crippen molar-refractivity contribution in [3.8, 4) is 28.8 Å². The number of hydrogen-bond donors (Lipinski definition) is 0. The van der Waals surface area contributed by atoms with Crippen molar-refractivity contribution >= 4 is 38.9 Å². The Morgan fingerprint density at radius 3 is 2.20 bits per heavy atom. The molecule has 0 spiro atoms. The highest BCUT2D eigenvalue weighted by Crippen LogP contribution is 2.36. The molecule has 0 saturated carbocycles. The molecular weight excluding hydrogens is 490 g/mol. The van der Waals surface area contributed by atoms with Gasteiger partial charge in [-0.25, -0.2) is 9.97 Å². The maximum Gasteiger partial charge on any atom is 0.146 e. The van der Waals surface area contributed by atoms with Crippen LogP contribution in [0.4, 0.5) is 0 Å². The standard InChI is InChI=1S/C35H23N5/c36-22-23-9-7-10-24(19-23)25-20-33(39-30-15-4-1-11-26(30)27-12-2-5-16-31(27)39)38-34(21-25)40-32-17-6-3-13-28(32)29-14-8-18-37-35(29)40/h1-5,7-16,18-21H,6,17H2. The Hall–Kier alpha value is -5.47. The van der Waals surface area contributed by atoms with Crippen LogP contribution in [-0.2, 0) is 6.42 Å². The average molecular weight is 514 g/mol. The predicted octanol–water partition coefficient (Wildman–Crippen LogP) is 8.02. The van der Waals surface area contributed by atoms with E-state index < -0.39 is 0 Å². The SMILES string of the molecule is N#Cc1cccc(-c2cc(-n3c4c(c5cccnc53)C=CCC4)nc(-n3c4ccccc4c4ccccc43)c2)c1. The third-order valence-corrected chi connectivity index (χ3v) is 7.86. The Morgan fingerprint density at radius 1 is 0.700 bits per heavy atom. The van der Waals surface area contributed by atoms with E-state index in [0.29, 0.717) is 5.56 Å². The molecule has 1 aliphatic rings. The van der Waals surface area contributed by atoms with E-state index in [9.17, 15) is 5.26 Å². The van der Waals surface area contributed by atoms with Gasteiger partial charge in [0.25, 0.3) is 0 Å².